The summed E-state index contributed by atoms with van der Waals surface area (Å²) in [7, 11) is -1.64. The molecule has 1 aromatic carbocycles. The fourth-order valence-corrected chi connectivity index (χ4v) is 3.56. The molecule has 0 radical (unpaired) electrons. The quantitative estimate of drug-likeness (QED) is 0.674. The van der Waals surface area contributed by atoms with Gasteiger partial charge in [0.2, 0.25) is 0 Å². The lowest BCUT2D eigenvalue weighted by molar-refractivity contribution is 0.293. The number of anilines is 2. The van der Waals surface area contributed by atoms with Crippen LogP contribution in [0.3, 0.4) is 0 Å². The molecule has 0 atom stereocenters. The number of fused-ring (bicyclic) bond motifs is 1. The number of nitrogens with two attached hydrogens (primary N) is 1. The Bertz CT molecular complexity index is 494. The average Bonchev–Trinajstić information content (AvgIpc) is 2.37. The molecule has 4 heteroatoms. The number of aryl methyl sites for hydroxylation is 1. The van der Waals surface area contributed by atoms with Gasteiger partial charge in [0.15, 0.2) is 8.32 Å². The fraction of sp³-hybridized carbons (Fsp3) is 0.647. The van der Waals surface area contributed by atoms with E-state index >= 15 is 0 Å². The predicted molar refractivity (Wildman–Crippen MR) is 94.5 cm³/mol. The summed E-state index contributed by atoms with van der Waals surface area (Å²) in [6.45, 7) is 14.4. The molecule has 1 heterocycles. The zero-order valence-corrected chi connectivity index (χ0v) is 15.2. The second-order valence-corrected chi connectivity index (χ2v) is 12.4. The van der Waals surface area contributed by atoms with Crippen molar-refractivity contribution < 1.29 is 4.43 Å². The number of rotatable bonds is 4. The van der Waals surface area contributed by atoms with Crippen molar-refractivity contribution in [2.45, 2.75) is 51.7 Å². The Morgan fingerprint density at radius 1 is 1.29 bits per heavy atom. The lowest BCUT2D eigenvalue weighted by Gasteiger charge is -2.38. The first-order valence-corrected chi connectivity index (χ1v) is 10.9. The predicted octanol–water partition coefficient (Wildman–Crippen LogP) is 4.04. The molecular weight excluding hydrogens is 276 g/mol. The van der Waals surface area contributed by atoms with Gasteiger partial charge < -0.3 is 15.1 Å². The van der Waals surface area contributed by atoms with Crippen LogP contribution in [0.25, 0.3) is 0 Å². The second-order valence-electron chi connectivity index (χ2n) is 7.59. The van der Waals surface area contributed by atoms with E-state index in [0.717, 1.165) is 31.8 Å². The second kappa shape index (κ2) is 6.01. The molecule has 118 valence electrons. The maximum atomic E-state index is 6.31. The van der Waals surface area contributed by atoms with Crippen LogP contribution in [0, 0.1) is 0 Å². The summed E-state index contributed by atoms with van der Waals surface area (Å²) < 4.78 is 6.31. The molecule has 0 aromatic heterocycles. The van der Waals surface area contributed by atoms with Crippen LogP contribution in [0.4, 0.5) is 11.4 Å². The summed E-state index contributed by atoms with van der Waals surface area (Å²) in [5.74, 6) is 0. The number of hydrogen-bond acceptors (Lipinski definition) is 3. The van der Waals surface area contributed by atoms with Crippen molar-refractivity contribution in [2.24, 2.45) is 0 Å². The Labute approximate surface area is 130 Å². The molecule has 0 unspecified atom stereocenters. The molecule has 0 spiro atoms. The van der Waals surface area contributed by atoms with Crippen LogP contribution in [0.1, 0.15) is 32.8 Å². The highest BCUT2D eigenvalue weighted by molar-refractivity contribution is 6.74. The zero-order valence-electron chi connectivity index (χ0n) is 14.2. The van der Waals surface area contributed by atoms with Gasteiger partial charge in [0.1, 0.15) is 0 Å². The van der Waals surface area contributed by atoms with Crippen LogP contribution in [-0.2, 0) is 10.8 Å². The Balaban J connectivity index is 1.98. The topological polar surface area (TPSA) is 38.5 Å². The molecule has 2 rings (SSSR count). The standard InChI is InChI=1S/C17H30N2OSi/c1-17(2,3)21(4,5)20-12-11-19-10-6-7-14-8-9-15(18)13-16(14)19/h8-9,13H,6-7,10-12,18H2,1-5H3. The van der Waals surface area contributed by atoms with Crippen LogP contribution in [0.15, 0.2) is 18.2 Å². The van der Waals surface area contributed by atoms with E-state index in [-0.39, 0.29) is 5.04 Å². The van der Waals surface area contributed by atoms with Gasteiger partial charge in [-0.05, 0) is 48.7 Å². The van der Waals surface area contributed by atoms with Crippen molar-refractivity contribution in [1.29, 1.82) is 0 Å². The molecule has 0 bridgehead atoms. The summed E-state index contributed by atoms with van der Waals surface area (Å²) in [4.78, 5) is 2.43. The van der Waals surface area contributed by atoms with E-state index in [2.05, 4.69) is 50.9 Å². The molecule has 2 N–H and O–H groups in total. The summed E-state index contributed by atoms with van der Waals surface area (Å²) in [6, 6.07) is 6.29. The third-order valence-electron chi connectivity index (χ3n) is 4.95. The van der Waals surface area contributed by atoms with E-state index in [1.807, 2.05) is 6.07 Å². The van der Waals surface area contributed by atoms with Crippen molar-refractivity contribution in [3.63, 3.8) is 0 Å². The monoisotopic (exact) mass is 306 g/mol. The Morgan fingerprint density at radius 3 is 2.67 bits per heavy atom. The van der Waals surface area contributed by atoms with Gasteiger partial charge in [0, 0.05) is 24.5 Å². The van der Waals surface area contributed by atoms with Crippen LogP contribution >= 0.6 is 0 Å². The van der Waals surface area contributed by atoms with Gasteiger partial charge >= 0.3 is 0 Å². The van der Waals surface area contributed by atoms with Crippen molar-refractivity contribution >= 4 is 19.7 Å². The van der Waals surface area contributed by atoms with Gasteiger partial charge in [-0.2, -0.15) is 0 Å². The minimum atomic E-state index is -1.64. The van der Waals surface area contributed by atoms with Gasteiger partial charge in [-0.1, -0.05) is 26.8 Å². The summed E-state index contributed by atoms with van der Waals surface area (Å²) in [5.41, 5.74) is 9.53. The van der Waals surface area contributed by atoms with E-state index in [0.29, 0.717) is 0 Å². The molecule has 21 heavy (non-hydrogen) atoms. The number of nitrogen functional groups attached to an aromatic ring is 1. The van der Waals surface area contributed by atoms with E-state index in [4.69, 9.17) is 10.2 Å². The Hall–Kier alpha value is -1.00. The van der Waals surface area contributed by atoms with Gasteiger partial charge in [-0.3, -0.25) is 0 Å². The van der Waals surface area contributed by atoms with Crippen LogP contribution < -0.4 is 10.6 Å². The maximum Gasteiger partial charge on any atom is 0.192 e. The molecule has 1 aliphatic rings. The molecule has 0 fully saturated rings. The lowest BCUT2D eigenvalue weighted by Crippen LogP contribution is -2.43. The summed E-state index contributed by atoms with van der Waals surface area (Å²) in [5, 5.41) is 0.275. The van der Waals surface area contributed by atoms with Crippen LogP contribution in [0.2, 0.25) is 18.1 Å². The van der Waals surface area contributed by atoms with Gasteiger partial charge in [0.25, 0.3) is 0 Å². The zero-order chi connectivity index (χ0) is 15.7. The average molecular weight is 307 g/mol. The van der Waals surface area contributed by atoms with Crippen molar-refractivity contribution in [3.05, 3.63) is 23.8 Å². The van der Waals surface area contributed by atoms with Gasteiger partial charge in [-0.25, -0.2) is 0 Å². The lowest BCUT2D eigenvalue weighted by atomic mass is 10.0. The molecule has 0 aliphatic carbocycles. The highest BCUT2D eigenvalue weighted by atomic mass is 28.4. The fourth-order valence-electron chi connectivity index (χ4n) is 2.53. The van der Waals surface area contributed by atoms with E-state index < -0.39 is 8.32 Å². The first-order chi connectivity index (χ1) is 9.71. The molecule has 0 saturated heterocycles. The first kappa shape index (κ1) is 16.4. The Morgan fingerprint density at radius 2 is 2.00 bits per heavy atom. The largest absolute Gasteiger partial charge is 0.415 e. The normalized spacial score (nSPS) is 16.0. The number of nitrogens with zero attached hydrogens (tertiary/aromatic N) is 1. The molecule has 1 aliphatic heterocycles. The van der Waals surface area contributed by atoms with Crippen molar-refractivity contribution in [3.8, 4) is 0 Å². The molecule has 0 saturated carbocycles. The first-order valence-electron chi connectivity index (χ1n) is 7.98. The van der Waals surface area contributed by atoms with Gasteiger partial charge in [-0.15, -0.1) is 0 Å². The highest BCUT2D eigenvalue weighted by Crippen LogP contribution is 2.36. The summed E-state index contributed by atoms with van der Waals surface area (Å²) >= 11 is 0. The van der Waals surface area contributed by atoms with E-state index in [1.165, 1.54) is 17.7 Å². The molecular formula is C17H30N2OSi. The SMILES string of the molecule is CC(C)(C)[Si](C)(C)OCCN1CCCc2ccc(N)cc21. The van der Waals surface area contributed by atoms with Crippen LogP contribution in [-0.4, -0.2) is 28.0 Å². The molecule has 0 amide bonds. The summed E-state index contributed by atoms with van der Waals surface area (Å²) in [6.07, 6.45) is 2.38. The molecule has 1 aromatic rings. The van der Waals surface area contributed by atoms with Crippen molar-refractivity contribution in [2.75, 3.05) is 30.3 Å². The van der Waals surface area contributed by atoms with E-state index in [1.54, 1.807) is 0 Å². The van der Waals surface area contributed by atoms with Gasteiger partial charge in [0.05, 0.1) is 6.61 Å². The minimum Gasteiger partial charge on any atom is -0.415 e. The van der Waals surface area contributed by atoms with E-state index in [9.17, 15) is 0 Å². The number of benzene rings is 1. The van der Waals surface area contributed by atoms with Crippen molar-refractivity contribution in [1.82, 2.24) is 0 Å². The third-order valence-corrected chi connectivity index (χ3v) is 9.49. The molecule has 3 nitrogen and oxygen atoms in total. The smallest absolute Gasteiger partial charge is 0.192 e. The number of hydrogen-bond donors (Lipinski definition) is 1. The highest BCUT2D eigenvalue weighted by Gasteiger charge is 2.37. The maximum absolute atomic E-state index is 6.31. The Kier molecular flexibility index (Phi) is 4.68. The minimum absolute atomic E-state index is 0.275. The third kappa shape index (κ3) is 3.80. The van der Waals surface area contributed by atoms with Crippen LogP contribution in [0.5, 0.6) is 0 Å².